The first-order valence-electron chi connectivity index (χ1n) is 10.0. The van der Waals surface area contributed by atoms with Gasteiger partial charge < -0.3 is 0 Å². The second-order valence-corrected chi connectivity index (χ2v) is 10.8. The fourth-order valence-electron chi connectivity index (χ4n) is 3.45. The number of amides is 1. The van der Waals surface area contributed by atoms with Gasteiger partial charge in [-0.15, -0.1) is 0 Å². The zero-order valence-electron chi connectivity index (χ0n) is 16.7. The summed E-state index contributed by atoms with van der Waals surface area (Å²) < 4.78 is 7.82. The Hall–Kier alpha value is -2.45. The van der Waals surface area contributed by atoms with E-state index >= 15 is 0 Å². The van der Waals surface area contributed by atoms with Crippen molar-refractivity contribution in [2.45, 2.75) is 21.3 Å². The maximum absolute atomic E-state index is 11.1. The van der Waals surface area contributed by atoms with E-state index in [9.17, 15) is 4.79 Å². The van der Waals surface area contributed by atoms with Gasteiger partial charge in [-0.05, 0) is 0 Å². The van der Waals surface area contributed by atoms with Crippen molar-refractivity contribution in [1.82, 2.24) is 9.88 Å². The molecule has 2 aromatic carbocycles. The van der Waals surface area contributed by atoms with E-state index in [1.165, 1.54) is 41.3 Å². The molecular weight excluding hydrogens is 489 g/mol. The number of nitrogens with two attached hydrogens (primary N) is 1. The van der Waals surface area contributed by atoms with Crippen molar-refractivity contribution in [2.75, 3.05) is 13.1 Å². The molecule has 1 amide bonds. The van der Waals surface area contributed by atoms with Gasteiger partial charge in [-0.3, -0.25) is 0 Å². The van der Waals surface area contributed by atoms with Crippen molar-refractivity contribution < 1.29 is 30.7 Å². The number of alkyl halides is 2. The second-order valence-electron chi connectivity index (χ2n) is 7.39. The Morgan fingerprint density at radius 3 is 2.57 bits per heavy atom. The molecule has 0 radical (unpaired) electrons. The van der Waals surface area contributed by atoms with Crippen LogP contribution in [0.2, 0.25) is 0 Å². The van der Waals surface area contributed by atoms with Crippen LogP contribution in [0.15, 0.2) is 72.9 Å². The molecule has 0 spiro atoms. The molecule has 1 atom stereocenters. The zero-order chi connectivity index (χ0) is 20.8. The van der Waals surface area contributed by atoms with Gasteiger partial charge in [0.15, 0.2) is 0 Å². The van der Waals surface area contributed by atoms with Crippen LogP contribution in [0.5, 0.6) is 11.6 Å². The topological polar surface area (TPSA) is 68.5 Å². The molecule has 5 nitrogen and oxygen atoms in total. The Bertz CT molecular complexity index is 962. The van der Waals surface area contributed by atoms with Crippen LogP contribution >= 0.6 is 0 Å². The Morgan fingerprint density at radius 2 is 1.87 bits per heavy atom. The van der Waals surface area contributed by atoms with Gasteiger partial charge in [0, 0.05) is 0 Å². The van der Waals surface area contributed by atoms with Gasteiger partial charge in [0.1, 0.15) is 0 Å². The molecule has 30 heavy (non-hydrogen) atoms. The third-order valence-corrected chi connectivity index (χ3v) is 8.66. The van der Waals surface area contributed by atoms with Gasteiger partial charge in [0.25, 0.3) is 0 Å². The molecule has 2 N–H and O–H groups in total. The predicted octanol–water partition coefficient (Wildman–Crippen LogP) is 0.836. The average molecular weight is 514 g/mol. The minimum absolute atomic E-state index is 0.131. The number of hydrogen-bond acceptors (Lipinski definition) is 4. The summed E-state index contributed by atoms with van der Waals surface area (Å²) in [6, 6.07) is 22.3. The Balaban J connectivity index is 1.23. The first-order valence-corrected chi connectivity index (χ1v) is 12.8. The van der Waals surface area contributed by atoms with Crippen molar-refractivity contribution in [3.05, 3.63) is 89.6 Å². The number of primary amides is 1. The number of rotatable bonds is 8. The van der Waals surface area contributed by atoms with Gasteiger partial charge in [-0.2, -0.15) is 0 Å². The summed E-state index contributed by atoms with van der Waals surface area (Å²) >= 11 is 0.131. The molecule has 0 aliphatic carbocycles. The van der Waals surface area contributed by atoms with Crippen molar-refractivity contribution in [3.63, 3.8) is 0 Å². The van der Waals surface area contributed by atoms with Gasteiger partial charge >= 0.3 is 188 Å². The molecule has 1 fully saturated rings. The summed E-state index contributed by atoms with van der Waals surface area (Å²) in [5.41, 5.74) is 8.38. The number of halogens is 1. The van der Waals surface area contributed by atoms with Crippen molar-refractivity contribution >= 4 is 5.91 Å². The molecule has 1 aliphatic heterocycles. The van der Waals surface area contributed by atoms with Crippen LogP contribution in [0.25, 0.3) is 0 Å². The minimum atomic E-state index is -0.493. The standard InChI is InChI=1S/C24H25IN3O2/c26-24(29)20-8-11-23(27-15-20)30-22-9-6-18(7-10-22)14-25-21-12-13-28(17-21)16-19-4-2-1-3-5-19/h1-11,15,21H,12-14,16-17H2,(H2,26,29)/q-1/t21-/m1/s1. The van der Waals surface area contributed by atoms with E-state index in [1.54, 1.807) is 12.1 Å². The quantitative estimate of drug-likeness (QED) is 0.358. The number of pyridine rings is 1. The molecule has 0 saturated carbocycles. The molecule has 1 saturated heterocycles. The fraction of sp³-hybridized carbons (Fsp3) is 0.250. The maximum atomic E-state index is 11.1. The molecular formula is C24H25IN3O2-. The summed E-state index contributed by atoms with van der Waals surface area (Å²) in [7, 11) is 0. The number of aromatic nitrogens is 1. The van der Waals surface area contributed by atoms with E-state index in [1.807, 2.05) is 12.1 Å². The molecule has 2 heterocycles. The molecule has 156 valence electrons. The fourth-order valence-corrected chi connectivity index (χ4v) is 6.64. The summed E-state index contributed by atoms with van der Waals surface area (Å²) in [4.78, 5) is 17.8. The van der Waals surface area contributed by atoms with Crippen LogP contribution in [0, 0.1) is 0 Å². The number of carbonyl (C=O) groups excluding carboxylic acids is 1. The molecule has 1 aromatic heterocycles. The predicted molar refractivity (Wildman–Crippen MR) is 113 cm³/mol. The Labute approximate surface area is 187 Å². The van der Waals surface area contributed by atoms with Crippen LogP contribution in [0.4, 0.5) is 0 Å². The van der Waals surface area contributed by atoms with E-state index in [0.29, 0.717) is 11.4 Å². The number of ether oxygens (including phenoxy) is 1. The summed E-state index contributed by atoms with van der Waals surface area (Å²) in [6.07, 6.45) is 2.76. The van der Waals surface area contributed by atoms with E-state index in [0.717, 1.165) is 16.2 Å². The molecule has 4 rings (SSSR count). The van der Waals surface area contributed by atoms with Crippen molar-refractivity contribution in [3.8, 4) is 11.6 Å². The van der Waals surface area contributed by atoms with Crippen molar-refractivity contribution in [2.24, 2.45) is 5.73 Å². The molecule has 0 bridgehead atoms. The summed E-state index contributed by atoms with van der Waals surface area (Å²) in [5, 5.41) is 0. The van der Waals surface area contributed by atoms with Crippen LogP contribution in [0.1, 0.15) is 27.9 Å². The zero-order valence-corrected chi connectivity index (χ0v) is 18.9. The first kappa shape index (κ1) is 20.8. The van der Waals surface area contributed by atoms with E-state index in [2.05, 4.69) is 52.3 Å². The molecule has 6 heteroatoms. The first-order chi connectivity index (χ1) is 14.7. The third-order valence-electron chi connectivity index (χ3n) is 5.08. The van der Waals surface area contributed by atoms with E-state index in [4.69, 9.17) is 10.5 Å². The van der Waals surface area contributed by atoms with Crippen molar-refractivity contribution in [1.29, 1.82) is 0 Å². The van der Waals surface area contributed by atoms with Crippen LogP contribution in [-0.2, 0) is 11.0 Å². The number of carbonyl (C=O) groups is 1. The Kier molecular flexibility index (Phi) is 6.96. The molecule has 1 aliphatic rings. The molecule has 3 aromatic rings. The molecule has 0 unspecified atom stereocenters. The van der Waals surface area contributed by atoms with Gasteiger partial charge in [0.2, 0.25) is 0 Å². The monoisotopic (exact) mass is 514 g/mol. The Morgan fingerprint density at radius 1 is 1.07 bits per heavy atom. The number of likely N-dealkylation sites (tertiary alicyclic amines) is 1. The third kappa shape index (κ3) is 5.79. The van der Waals surface area contributed by atoms with E-state index < -0.39 is 5.91 Å². The van der Waals surface area contributed by atoms with Crippen LogP contribution in [0.3, 0.4) is 0 Å². The average Bonchev–Trinajstić information content (AvgIpc) is 3.21. The number of benzene rings is 2. The SMILES string of the molecule is NC(=O)c1ccc(Oc2ccc(C[I-][C@@H]3CCN(Cc4ccccc4)C3)cc2)nc1. The normalized spacial score (nSPS) is 16.6. The van der Waals surface area contributed by atoms with Gasteiger partial charge in [0.05, 0.1) is 0 Å². The number of hydrogen-bond donors (Lipinski definition) is 1. The van der Waals surface area contributed by atoms with Gasteiger partial charge in [-0.25, -0.2) is 0 Å². The van der Waals surface area contributed by atoms with Crippen LogP contribution in [-0.4, -0.2) is 32.8 Å². The van der Waals surface area contributed by atoms with Crippen LogP contribution < -0.4 is 31.7 Å². The summed E-state index contributed by atoms with van der Waals surface area (Å²) in [5.74, 6) is 0.697. The summed E-state index contributed by atoms with van der Waals surface area (Å²) in [6.45, 7) is 3.52. The number of nitrogens with zero attached hydrogens (tertiary/aromatic N) is 2. The van der Waals surface area contributed by atoms with Gasteiger partial charge in [-0.1, -0.05) is 0 Å². The van der Waals surface area contributed by atoms with E-state index in [-0.39, 0.29) is 21.2 Å². The second kappa shape index (κ2) is 10.0.